The molecular formula is C62H84ClFN6O10. The lowest BCUT2D eigenvalue weighted by Crippen LogP contribution is -2.13. The molecule has 0 aliphatic rings. The van der Waals surface area contributed by atoms with Crippen molar-refractivity contribution in [3.05, 3.63) is 146 Å². The summed E-state index contributed by atoms with van der Waals surface area (Å²) in [5.41, 5.74) is 1.55. The lowest BCUT2D eigenvalue weighted by Gasteiger charge is -2.06. The predicted molar refractivity (Wildman–Crippen MR) is 311 cm³/mol. The molecule has 0 spiro atoms. The molecular weight excluding hydrogens is 1040 g/mol. The Kier molecular flexibility index (Phi) is 30.9. The molecule has 0 aliphatic carbocycles. The van der Waals surface area contributed by atoms with Crippen LogP contribution < -0.4 is 36.2 Å². The Balaban J connectivity index is 0.000000235. The predicted octanol–water partition coefficient (Wildman–Crippen LogP) is 16.4. The summed E-state index contributed by atoms with van der Waals surface area (Å²) < 4.78 is 53.7. The van der Waals surface area contributed by atoms with Gasteiger partial charge in [0.05, 0.1) is 36.9 Å². The zero-order valence-electron chi connectivity index (χ0n) is 47.3. The highest BCUT2D eigenvalue weighted by Gasteiger charge is 2.14. The molecule has 18 heteroatoms. The van der Waals surface area contributed by atoms with Crippen LogP contribution in [-0.4, -0.2) is 49.2 Å². The molecule has 7 rings (SSSR count). The van der Waals surface area contributed by atoms with E-state index in [0.29, 0.717) is 53.4 Å². The second kappa shape index (κ2) is 38.7. The van der Waals surface area contributed by atoms with Gasteiger partial charge in [-0.2, -0.15) is 14.0 Å². The van der Waals surface area contributed by atoms with Crippen molar-refractivity contribution in [2.75, 3.05) is 19.8 Å². The van der Waals surface area contributed by atoms with Crippen molar-refractivity contribution in [1.82, 2.24) is 29.3 Å². The first-order valence-electron chi connectivity index (χ1n) is 29.2. The van der Waals surface area contributed by atoms with Gasteiger partial charge in [0.2, 0.25) is 0 Å². The number of nitrogens with zero attached hydrogens (tertiary/aromatic N) is 6. The first kappa shape index (κ1) is 63.9. The van der Waals surface area contributed by atoms with Crippen LogP contribution in [-0.2, 0) is 0 Å². The topological polar surface area (TPSA) is 181 Å². The number of hydrogen-bond acceptors (Lipinski definition) is 13. The first-order valence-corrected chi connectivity index (χ1v) is 29.6. The fourth-order valence-electron chi connectivity index (χ4n) is 8.46. The molecule has 0 N–H and O–H groups in total. The molecule has 7 aromatic rings. The van der Waals surface area contributed by atoms with E-state index in [4.69, 9.17) is 43.8 Å². The molecule has 4 aromatic carbocycles. The van der Waals surface area contributed by atoms with E-state index < -0.39 is 23.1 Å². The number of rotatable bonds is 37. The molecule has 0 aliphatic heterocycles. The molecule has 80 heavy (non-hydrogen) atoms. The van der Waals surface area contributed by atoms with Gasteiger partial charge >= 0.3 is 35.5 Å². The third-order valence-electron chi connectivity index (χ3n) is 12.9. The summed E-state index contributed by atoms with van der Waals surface area (Å²) in [7, 11) is 0. The first-order chi connectivity index (χ1) is 39.2. The van der Waals surface area contributed by atoms with E-state index in [-0.39, 0.29) is 18.2 Å². The number of ether oxygens (including phenoxy) is 4. The Morgan fingerprint density at radius 3 is 1.10 bits per heavy atom. The Morgan fingerprint density at radius 2 is 0.725 bits per heavy atom. The minimum atomic E-state index is -0.691. The summed E-state index contributed by atoms with van der Waals surface area (Å²) in [6, 6.07) is 28.9. The lowest BCUT2D eigenvalue weighted by molar-refractivity contribution is 0.219. The van der Waals surface area contributed by atoms with Gasteiger partial charge in [0.15, 0.2) is 0 Å². The van der Waals surface area contributed by atoms with Crippen LogP contribution in [0.4, 0.5) is 4.39 Å². The summed E-state index contributed by atoms with van der Waals surface area (Å²) in [5, 5.41) is 12.8. The SMILES string of the molecule is CCCCCCCCCCCCCCCCOc1nn(-c2ccc(Oc3ccc(Cl)cc3)cc2)c(=O)o1.CCCCCCCCOc1nn(-c2cccc(F)c2)c(=O)o1.CCCCCCCCOc1nn(-c2ccccc2)c(=O)o1. The highest BCUT2D eigenvalue weighted by molar-refractivity contribution is 6.30. The summed E-state index contributed by atoms with van der Waals surface area (Å²) in [5.74, 6) is -0.932. The average molecular weight is 1130 g/mol. The van der Waals surface area contributed by atoms with Crippen molar-refractivity contribution in [2.45, 2.75) is 188 Å². The highest BCUT2D eigenvalue weighted by Crippen LogP contribution is 2.24. The standard InChI is InChI=1S/C30H41ClN2O4.C16H21FN2O3.C16H22N2O3/c1-2-3-4-5-6-7-8-9-10-11-12-13-14-15-24-35-29-32-33(30(34)37-29)26-18-22-28(23-19-26)36-27-20-16-25(31)17-21-27;1-2-3-4-5-6-7-11-21-15-18-19(16(20)22-15)14-10-8-9-13(17)12-14;1-2-3-4-5-6-10-13-20-15-17-18(16(19)21-15)14-11-8-7-9-12-14/h16-23H,2-15,24H2,1H3;8-10,12H,2-7,11H2,1H3;7-9,11-12H,2-6,10,13H2,1H3. The van der Waals surface area contributed by atoms with E-state index in [1.807, 2.05) is 18.2 Å². The molecule has 3 heterocycles. The van der Waals surface area contributed by atoms with E-state index in [1.54, 1.807) is 66.7 Å². The van der Waals surface area contributed by atoms with Gasteiger partial charge in [0, 0.05) is 5.02 Å². The molecule has 0 saturated heterocycles. The molecule has 0 unspecified atom stereocenters. The van der Waals surface area contributed by atoms with Crippen LogP contribution in [0.15, 0.2) is 131 Å². The van der Waals surface area contributed by atoms with Crippen molar-refractivity contribution < 1.29 is 36.6 Å². The van der Waals surface area contributed by atoms with Gasteiger partial charge in [-0.05, 0) is 98.1 Å². The molecule has 3 aromatic heterocycles. The summed E-state index contributed by atoms with van der Waals surface area (Å²) >= 11 is 5.90. The fraction of sp³-hybridized carbons (Fsp3) is 0.516. The van der Waals surface area contributed by atoms with Crippen LogP contribution in [0.3, 0.4) is 0 Å². The Morgan fingerprint density at radius 1 is 0.400 bits per heavy atom. The number of benzene rings is 4. The molecule has 0 saturated carbocycles. The van der Waals surface area contributed by atoms with Gasteiger partial charge in [0.1, 0.15) is 17.3 Å². The number of aromatic nitrogens is 6. The van der Waals surface area contributed by atoms with Crippen LogP contribution in [0.5, 0.6) is 29.7 Å². The van der Waals surface area contributed by atoms with Gasteiger partial charge in [-0.15, -0.1) is 0 Å². The van der Waals surface area contributed by atoms with E-state index in [0.717, 1.165) is 43.2 Å². The summed E-state index contributed by atoms with van der Waals surface area (Å²) in [6.45, 7) is 8.13. The van der Waals surface area contributed by atoms with E-state index in [9.17, 15) is 18.8 Å². The van der Waals surface area contributed by atoms with Crippen molar-refractivity contribution in [2.24, 2.45) is 0 Å². The maximum Gasteiger partial charge on any atom is 0.444 e. The van der Waals surface area contributed by atoms with E-state index >= 15 is 0 Å². The highest BCUT2D eigenvalue weighted by atomic mass is 35.5. The number of unbranched alkanes of at least 4 members (excludes halogenated alkanes) is 23. The summed E-state index contributed by atoms with van der Waals surface area (Å²) in [6.07, 6.45) is 32.2. The maximum absolute atomic E-state index is 13.2. The molecule has 436 valence electrons. The molecule has 0 atom stereocenters. The largest absolute Gasteiger partial charge is 0.457 e. The van der Waals surface area contributed by atoms with Crippen LogP contribution in [0, 0.1) is 5.82 Å². The molecule has 0 bridgehead atoms. The fourth-order valence-corrected chi connectivity index (χ4v) is 8.58. The van der Waals surface area contributed by atoms with Crippen molar-refractivity contribution >= 4 is 11.6 Å². The maximum atomic E-state index is 13.2. The van der Waals surface area contributed by atoms with Crippen LogP contribution >= 0.6 is 11.6 Å². The zero-order chi connectivity index (χ0) is 56.8. The van der Waals surface area contributed by atoms with Crippen LogP contribution in [0.2, 0.25) is 5.02 Å². The van der Waals surface area contributed by atoms with Gasteiger partial charge in [-0.3, -0.25) is 0 Å². The van der Waals surface area contributed by atoms with E-state index in [2.05, 4.69) is 36.1 Å². The Bertz CT molecular complexity index is 2880. The van der Waals surface area contributed by atoms with Gasteiger partial charge < -0.3 is 32.2 Å². The quantitative estimate of drug-likeness (QED) is 0.0336. The second-order valence-corrected chi connectivity index (χ2v) is 20.1. The third-order valence-corrected chi connectivity index (χ3v) is 13.2. The number of hydrogen-bond donors (Lipinski definition) is 0. The molecule has 0 radical (unpaired) electrons. The van der Waals surface area contributed by atoms with Gasteiger partial charge in [0.25, 0.3) is 0 Å². The summed E-state index contributed by atoms with van der Waals surface area (Å²) in [4.78, 5) is 35.6. The van der Waals surface area contributed by atoms with Crippen LogP contribution in [0.25, 0.3) is 17.1 Å². The lowest BCUT2D eigenvalue weighted by atomic mass is 10.0. The minimum absolute atomic E-state index is 0.00110. The van der Waals surface area contributed by atoms with Crippen molar-refractivity contribution in [3.63, 3.8) is 0 Å². The average Bonchev–Trinajstić information content (AvgIpc) is 4.17. The van der Waals surface area contributed by atoms with Crippen LogP contribution in [0.1, 0.15) is 188 Å². The van der Waals surface area contributed by atoms with Gasteiger partial charge in [-0.1, -0.05) is 220 Å². The number of halogens is 2. The molecule has 0 amide bonds. The monoisotopic (exact) mass is 1130 g/mol. The van der Waals surface area contributed by atoms with Crippen molar-refractivity contribution in [3.8, 4) is 46.8 Å². The smallest absolute Gasteiger partial charge is 0.444 e. The normalized spacial score (nSPS) is 10.9. The Hall–Kier alpha value is -6.88. The minimum Gasteiger partial charge on any atom is -0.457 e. The van der Waals surface area contributed by atoms with Gasteiger partial charge in [-0.25, -0.2) is 18.8 Å². The van der Waals surface area contributed by atoms with E-state index in [1.165, 1.54) is 156 Å². The molecule has 0 fully saturated rings. The van der Waals surface area contributed by atoms with Crippen molar-refractivity contribution in [1.29, 1.82) is 0 Å². The third kappa shape index (κ3) is 25.1. The molecule has 16 nitrogen and oxygen atoms in total. The Labute approximate surface area is 475 Å². The zero-order valence-corrected chi connectivity index (χ0v) is 48.1. The number of para-hydroxylation sites is 1. The second-order valence-electron chi connectivity index (χ2n) is 19.7.